The van der Waals surface area contributed by atoms with Gasteiger partial charge in [0.05, 0.1) is 7.11 Å². The number of benzene rings is 1. The van der Waals surface area contributed by atoms with Crippen molar-refractivity contribution < 1.29 is 4.74 Å². The second-order valence-electron chi connectivity index (χ2n) is 4.74. The highest BCUT2D eigenvalue weighted by Crippen LogP contribution is 2.20. The zero-order chi connectivity index (χ0) is 13.0. The number of aryl methyl sites for hydroxylation is 1. The van der Waals surface area contributed by atoms with Gasteiger partial charge in [-0.15, -0.1) is 0 Å². The number of hydrogen-bond donors (Lipinski definition) is 2. The molecule has 0 unspecified atom stereocenters. The van der Waals surface area contributed by atoms with E-state index >= 15 is 0 Å². The van der Waals surface area contributed by atoms with Gasteiger partial charge in [-0.1, -0.05) is 17.7 Å². The third-order valence-electron chi connectivity index (χ3n) is 3.03. The fourth-order valence-corrected chi connectivity index (χ4v) is 2.15. The van der Waals surface area contributed by atoms with Gasteiger partial charge in [0, 0.05) is 12.6 Å². The van der Waals surface area contributed by atoms with E-state index in [1.807, 2.05) is 6.07 Å². The van der Waals surface area contributed by atoms with Crippen LogP contribution < -0.4 is 15.4 Å². The minimum absolute atomic E-state index is 0.610. The first-order valence-corrected chi connectivity index (χ1v) is 6.78. The second kappa shape index (κ2) is 6.05. The lowest BCUT2D eigenvalue weighted by molar-refractivity contribution is 0.409. The summed E-state index contributed by atoms with van der Waals surface area (Å²) in [5, 5.41) is 7.27. The molecular weight excluding hydrogens is 244 g/mol. The van der Waals surface area contributed by atoms with Gasteiger partial charge >= 0.3 is 0 Å². The summed E-state index contributed by atoms with van der Waals surface area (Å²) < 4.78 is 5.36. The number of ether oxygens (including phenoxy) is 1. The molecule has 1 aromatic rings. The van der Waals surface area contributed by atoms with Gasteiger partial charge in [-0.05, 0) is 50.0 Å². The average Bonchev–Trinajstić information content (AvgIpc) is 3.13. The van der Waals surface area contributed by atoms with Crippen LogP contribution in [-0.4, -0.2) is 24.8 Å². The Labute approximate surface area is 114 Å². The van der Waals surface area contributed by atoms with Gasteiger partial charge in [-0.3, -0.25) is 0 Å². The maximum Gasteiger partial charge on any atom is 0.166 e. The number of nitrogens with one attached hydrogen (secondary N) is 2. The highest BCUT2D eigenvalue weighted by molar-refractivity contribution is 7.80. The normalized spacial score (nSPS) is 14.1. The first kappa shape index (κ1) is 13.1. The molecular formula is C14H20N2OS. The van der Waals surface area contributed by atoms with Crippen LogP contribution in [-0.2, 0) is 6.42 Å². The second-order valence-corrected chi connectivity index (χ2v) is 5.15. The molecule has 2 N–H and O–H groups in total. The van der Waals surface area contributed by atoms with Crippen LogP contribution in [0.15, 0.2) is 18.2 Å². The van der Waals surface area contributed by atoms with Gasteiger partial charge in [0.15, 0.2) is 5.11 Å². The van der Waals surface area contributed by atoms with Crippen LogP contribution in [0.2, 0.25) is 0 Å². The zero-order valence-corrected chi connectivity index (χ0v) is 11.8. The van der Waals surface area contributed by atoms with Gasteiger partial charge < -0.3 is 15.4 Å². The third kappa shape index (κ3) is 3.88. The monoisotopic (exact) mass is 264 g/mol. The van der Waals surface area contributed by atoms with Crippen LogP contribution in [0.5, 0.6) is 5.75 Å². The predicted octanol–water partition coefficient (Wildman–Crippen LogP) is 2.17. The summed E-state index contributed by atoms with van der Waals surface area (Å²) >= 11 is 5.22. The van der Waals surface area contributed by atoms with Crippen LogP contribution in [0.1, 0.15) is 24.0 Å². The fourth-order valence-electron chi connectivity index (χ4n) is 1.88. The lowest BCUT2D eigenvalue weighted by Gasteiger charge is -2.12. The van der Waals surface area contributed by atoms with Gasteiger partial charge in [-0.2, -0.15) is 0 Å². The maximum absolute atomic E-state index is 5.36. The molecule has 0 aliphatic heterocycles. The largest absolute Gasteiger partial charge is 0.496 e. The Morgan fingerprint density at radius 1 is 1.44 bits per heavy atom. The van der Waals surface area contributed by atoms with Crippen LogP contribution in [0.4, 0.5) is 0 Å². The summed E-state index contributed by atoms with van der Waals surface area (Å²) in [5.74, 6) is 0.948. The minimum Gasteiger partial charge on any atom is -0.496 e. The van der Waals surface area contributed by atoms with Crippen molar-refractivity contribution in [1.82, 2.24) is 10.6 Å². The molecule has 18 heavy (non-hydrogen) atoms. The number of methoxy groups -OCH3 is 1. The van der Waals surface area contributed by atoms with E-state index < -0.39 is 0 Å². The summed E-state index contributed by atoms with van der Waals surface area (Å²) in [6.07, 6.45) is 3.40. The van der Waals surface area contributed by atoms with E-state index in [1.165, 1.54) is 24.0 Å². The van der Waals surface area contributed by atoms with E-state index in [2.05, 4.69) is 29.7 Å². The Morgan fingerprint density at radius 2 is 2.22 bits per heavy atom. The van der Waals surface area contributed by atoms with Crippen LogP contribution in [0, 0.1) is 6.92 Å². The SMILES string of the molecule is COc1ccc(C)cc1CCNC(=S)NC1CC1. The smallest absolute Gasteiger partial charge is 0.166 e. The summed E-state index contributed by atoms with van der Waals surface area (Å²) in [4.78, 5) is 0. The number of rotatable bonds is 5. The molecule has 0 radical (unpaired) electrons. The lowest BCUT2D eigenvalue weighted by atomic mass is 10.1. The first-order valence-electron chi connectivity index (χ1n) is 6.37. The molecule has 1 aliphatic rings. The minimum atomic E-state index is 0.610. The molecule has 4 heteroatoms. The van der Waals surface area contributed by atoms with E-state index in [4.69, 9.17) is 17.0 Å². The molecule has 2 rings (SSSR count). The standard InChI is InChI=1S/C14H20N2OS/c1-10-3-6-13(17-2)11(9-10)7-8-15-14(18)16-12-4-5-12/h3,6,9,12H,4-5,7-8H2,1-2H3,(H2,15,16,18). The van der Waals surface area contributed by atoms with Gasteiger partial charge in [-0.25, -0.2) is 0 Å². The molecule has 1 aromatic carbocycles. The van der Waals surface area contributed by atoms with Crippen LogP contribution in [0.3, 0.4) is 0 Å². The van der Waals surface area contributed by atoms with Crippen LogP contribution in [0.25, 0.3) is 0 Å². The van der Waals surface area contributed by atoms with E-state index in [-0.39, 0.29) is 0 Å². The first-order chi connectivity index (χ1) is 8.69. The summed E-state index contributed by atoms with van der Waals surface area (Å²) in [7, 11) is 1.71. The highest BCUT2D eigenvalue weighted by Gasteiger charge is 2.21. The Morgan fingerprint density at radius 3 is 2.89 bits per heavy atom. The molecule has 1 saturated carbocycles. The van der Waals surface area contributed by atoms with Crippen molar-refractivity contribution in [1.29, 1.82) is 0 Å². The van der Waals surface area contributed by atoms with Crippen molar-refractivity contribution >= 4 is 17.3 Å². The lowest BCUT2D eigenvalue weighted by Crippen LogP contribution is -2.37. The van der Waals surface area contributed by atoms with Crippen LogP contribution >= 0.6 is 12.2 Å². The fraction of sp³-hybridized carbons (Fsp3) is 0.500. The third-order valence-corrected chi connectivity index (χ3v) is 3.29. The molecule has 1 fully saturated rings. The summed E-state index contributed by atoms with van der Waals surface area (Å²) in [6, 6.07) is 6.86. The van der Waals surface area contributed by atoms with Crippen molar-refractivity contribution in [3.05, 3.63) is 29.3 Å². The molecule has 0 heterocycles. The molecule has 0 bridgehead atoms. The maximum atomic E-state index is 5.36. The van der Waals surface area contributed by atoms with E-state index in [0.29, 0.717) is 6.04 Å². The van der Waals surface area contributed by atoms with Gasteiger partial charge in [0.25, 0.3) is 0 Å². The highest BCUT2D eigenvalue weighted by atomic mass is 32.1. The van der Waals surface area contributed by atoms with Crippen molar-refractivity contribution in [2.75, 3.05) is 13.7 Å². The molecule has 1 aliphatic carbocycles. The summed E-state index contributed by atoms with van der Waals surface area (Å²) in [6.45, 7) is 2.92. The Kier molecular flexibility index (Phi) is 4.42. The van der Waals surface area contributed by atoms with E-state index in [9.17, 15) is 0 Å². The van der Waals surface area contributed by atoms with Gasteiger partial charge in [0.1, 0.15) is 5.75 Å². The Balaban J connectivity index is 1.81. The van der Waals surface area contributed by atoms with Crippen molar-refractivity contribution in [2.45, 2.75) is 32.2 Å². The van der Waals surface area contributed by atoms with Crippen molar-refractivity contribution in [2.24, 2.45) is 0 Å². The van der Waals surface area contributed by atoms with Gasteiger partial charge in [0.2, 0.25) is 0 Å². The molecule has 0 spiro atoms. The summed E-state index contributed by atoms with van der Waals surface area (Å²) in [5.41, 5.74) is 2.48. The molecule has 0 amide bonds. The van der Waals surface area contributed by atoms with Crippen molar-refractivity contribution in [3.8, 4) is 5.75 Å². The predicted molar refractivity (Wildman–Crippen MR) is 78.2 cm³/mol. The van der Waals surface area contributed by atoms with E-state index in [1.54, 1.807) is 7.11 Å². The average molecular weight is 264 g/mol. The van der Waals surface area contributed by atoms with E-state index in [0.717, 1.165) is 23.8 Å². The zero-order valence-electron chi connectivity index (χ0n) is 11.0. The number of hydrogen-bond acceptors (Lipinski definition) is 2. The molecule has 0 atom stereocenters. The molecule has 3 nitrogen and oxygen atoms in total. The Hall–Kier alpha value is -1.29. The molecule has 98 valence electrons. The number of thiocarbonyl (C=S) groups is 1. The Bertz CT molecular complexity index is 430. The molecule has 0 saturated heterocycles. The quantitative estimate of drug-likeness (QED) is 0.799. The molecule has 0 aromatic heterocycles. The topological polar surface area (TPSA) is 33.3 Å². The van der Waals surface area contributed by atoms with Crippen molar-refractivity contribution in [3.63, 3.8) is 0 Å².